The highest BCUT2D eigenvalue weighted by Gasteiger charge is 2.29. The molecular weight excluding hydrogens is 212 g/mol. The molecule has 0 bridgehead atoms. The zero-order valence-electron chi connectivity index (χ0n) is 8.73. The molecule has 0 aromatic rings. The van der Waals surface area contributed by atoms with Crippen molar-refractivity contribution in [3.8, 4) is 0 Å². The summed E-state index contributed by atoms with van der Waals surface area (Å²) in [5.74, 6) is -1.76. The van der Waals surface area contributed by atoms with Gasteiger partial charge in [0.05, 0.1) is 0 Å². The van der Waals surface area contributed by atoms with Crippen LogP contribution in [0.15, 0.2) is 12.7 Å². The lowest BCUT2D eigenvalue weighted by molar-refractivity contribution is -0.142. The van der Waals surface area contributed by atoms with E-state index in [-0.39, 0.29) is 12.3 Å². The van der Waals surface area contributed by atoms with Gasteiger partial charge < -0.3 is 15.7 Å². The number of carbonyl (C=O) groups is 3. The van der Waals surface area contributed by atoms with Gasteiger partial charge in [0.15, 0.2) is 0 Å². The molecule has 1 rings (SSSR count). The third kappa shape index (κ3) is 3.08. The Morgan fingerprint density at radius 3 is 2.81 bits per heavy atom. The average Bonchev–Trinajstić information content (AvgIpc) is 2.64. The summed E-state index contributed by atoms with van der Waals surface area (Å²) in [6.07, 6.45) is 2.29. The maximum absolute atomic E-state index is 11.6. The van der Waals surface area contributed by atoms with Gasteiger partial charge in [-0.2, -0.15) is 0 Å². The Kier molecular flexibility index (Phi) is 4.04. The minimum Gasteiger partial charge on any atom is -0.480 e. The van der Waals surface area contributed by atoms with Crippen LogP contribution in [0.2, 0.25) is 0 Å². The van der Waals surface area contributed by atoms with Gasteiger partial charge in [-0.25, -0.2) is 4.79 Å². The van der Waals surface area contributed by atoms with Crippen LogP contribution in [-0.2, 0) is 14.4 Å². The van der Waals surface area contributed by atoms with Crippen molar-refractivity contribution in [2.24, 2.45) is 0 Å². The fraction of sp³-hybridized carbons (Fsp3) is 0.500. The van der Waals surface area contributed by atoms with Crippen molar-refractivity contribution in [1.29, 1.82) is 0 Å². The molecule has 6 heteroatoms. The van der Waals surface area contributed by atoms with E-state index in [2.05, 4.69) is 17.2 Å². The minimum absolute atomic E-state index is 0.155. The monoisotopic (exact) mass is 226 g/mol. The van der Waals surface area contributed by atoms with Crippen molar-refractivity contribution in [2.45, 2.75) is 31.3 Å². The quantitative estimate of drug-likeness (QED) is 0.546. The van der Waals surface area contributed by atoms with Crippen molar-refractivity contribution < 1.29 is 19.5 Å². The first kappa shape index (κ1) is 12.2. The van der Waals surface area contributed by atoms with Crippen LogP contribution in [0, 0.1) is 0 Å². The lowest BCUT2D eigenvalue weighted by Crippen LogP contribution is -2.48. The van der Waals surface area contributed by atoms with E-state index < -0.39 is 24.0 Å². The smallest absolute Gasteiger partial charge is 0.326 e. The number of hydrogen-bond acceptors (Lipinski definition) is 3. The van der Waals surface area contributed by atoms with Crippen LogP contribution in [0.1, 0.15) is 19.3 Å². The number of hydrogen-bond donors (Lipinski definition) is 3. The molecule has 0 radical (unpaired) electrons. The number of rotatable bonds is 5. The van der Waals surface area contributed by atoms with Gasteiger partial charge in [0, 0.05) is 6.42 Å². The standard InChI is InChI=1S/C10H14N2O4/c1-2-3-7(10(15)16)12-9(14)6-4-5-8(13)11-6/h2,6-7H,1,3-5H2,(H,11,13)(H,12,14)(H,15,16)/t6-,7?/m1/s1. The summed E-state index contributed by atoms with van der Waals surface area (Å²) >= 11 is 0. The van der Waals surface area contributed by atoms with E-state index in [1.165, 1.54) is 6.08 Å². The first-order valence-corrected chi connectivity index (χ1v) is 4.98. The van der Waals surface area contributed by atoms with Gasteiger partial charge >= 0.3 is 5.97 Å². The molecule has 2 amide bonds. The second-order valence-corrected chi connectivity index (χ2v) is 3.58. The Morgan fingerprint density at radius 1 is 1.69 bits per heavy atom. The summed E-state index contributed by atoms with van der Waals surface area (Å²) in [5.41, 5.74) is 0. The van der Waals surface area contributed by atoms with Gasteiger partial charge in [0.1, 0.15) is 12.1 Å². The fourth-order valence-corrected chi connectivity index (χ4v) is 1.47. The van der Waals surface area contributed by atoms with Gasteiger partial charge in [0.2, 0.25) is 11.8 Å². The predicted octanol–water partition coefficient (Wildman–Crippen LogP) is -0.589. The summed E-state index contributed by atoms with van der Waals surface area (Å²) in [5, 5.41) is 13.6. The number of carboxylic acid groups (broad SMARTS) is 1. The number of amides is 2. The maximum Gasteiger partial charge on any atom is 0.326 e. The summed E-state index contributed by atoms with van der Waals surface area (Å²) < 4.78 is 0. The van der Waals surface area contributed by atoms with E-state index in [0.717, 1.165) is 0 Å². The first-order valence-electron chi connectivity index (χ1n) is 4.98. The Bertz CT molecular complexity index is 327. The molecule has 0 aromatic carbocycles. The molecule has 1 saturated heterocycles. The molecular formula is C10H14N2O4. The molecule has 0 saturated carbocycles. The number of carboxylic acids is 1. The maximum atomic E-state index is 11.6. The van der Waals surface area contributed by atoms with E-state index in [1.54, 1.807) is 0 Å². The van der Waals surface area contributed by atoms with Crippen LogP contribution in [0.4, 0.5) is 0 Å². The zero-order valence-corrected chi connectivity index (χ0v) is 8.73. The van der Waals surface area contributed by atoms with E-state index in [9.17, 15) is 14.4 Å². The minimum atomic E-state index is -1.11. The topological polar surface area (TPSA) is 95.5 Å². The highest BCUT2D eigenvalue weighted by molar-refractivity contribution is 5.92. The van der Waals surface area contributed by atoms with Crippen molar-refractivity contribution >= 4 is 17.8 Å². The summed E-state index contributed by atoms with van der Waals surface area (Å²) in [7, 11) is 0. The lowest BCUT2D eigenvalue weighted by atomic mass is 10.1. The van der Waals surface area contributed by atoms with Crippen LogP contribution in [0.25, 0.3) is 0 Å². The predicted molar refractivity (Wildman–Crippen MR) is 55.5 cm³/mol. The largest absolute Gasteiger partial charge is 0.480 e. The molecule has 1 heterocycles. The van der Waals surface area contributed by atoms with E-state index in [0.29, 0.717) is 12.8 Å². The second-order valence-electron chi connectivity index (χ2n) is 3.58. The molecule has 1 unspecified atom stereocenters. The van der Waals surface area contributed by atoms with Crippen LogP contribution in [-0.4, -0.2) is 35.0 Å². The first-order chi connectivity index (χ1) is 7.54. The van der Waals surface area contributed by atoms with E-state index >= 15 is 0 Å². The Hall–Kier alpha value is -1.85. The van der Waals surface area contributed by atoms with Gasteiger partial charge in [-0.3, -0.25) is 9.59 Å². The van der Waals surface area contributed by atoms with Gasteiger partial charge in [-0.15, -0.1) is 6.58 Å². The van der Waals surface area contributed by atoms with Crippen LogP contribution in [0.3, 0.4) is 0 Å². The zero-order chi connectivity index (χ0) is 12.1. The third-order valence-electron chi connectivity index (χ3n) is 2.33. The number of nitrogens with one attached hydrogen (secondary N) is 2. The molecule has 1 aliphatic rings. The molecule has 0 spiro atoms. The SMILES string of the molecule is C=CCC(NC(=O)[C@H]1CCC(=O)N1)C(=O)O. The summed E-state index contributed by atoms with van der Waals surface area (Å²) in [6.45, 7) is 3.42. The van der Waals surface area contributed by atoms with Crippen molar-refractivity contribution in [3.05, 3.63) is 12.7 Å². The molecule has 0 aliphatic carbocycles. The van der Waals surface area contributed by atoms with Crippen LogP contribution < -0.4 is 10.6 Å². The van der Waals surface area contributed by atoms with Crippen molar-refractivity contribution in [2.75, 3.05) is 0 Å². The number of aliphatic carboxylic acids is 1. The Morgan fingerprint density at radius 2 is 2.38 bits per heavy atom. The Labute approximate surface area is 92.7 Å². The Balaban J connectivity index is 2.51. The molecule has 2 atom stereocenters. The average molecular weight is 226 g/mol. The van der Waals surface area contributed by atoms with Crippen LogP contribution in [0.5, 0.6) is 0 Å². The molecule has 1 aliphatic heterocycles. The van der Waals surface area contributed by atoms with E-state index in [4.69, 9.17) is 5.11 Å². The highest BCUT2D eigenvalue weighted by Crippen LogP contribution is 2.07. The van der Waals surface area contributed by atoms with Crippen molar-refractivity contribution in [3.63, 3.8) is 0 Å². The normalized spacial score (nSPS) is 21.0. The molecule has 16 heavy (non-hydrogen) atoms. The number of carbonyl (C=O) groups excluding carboxylic acids is 2. The molecule has 0 aromatic heterocycles. The van der Waals surface area contributed by atoms with Crippen molar-refractivity contribution in [1.82, 2.24) is 10.6 Å². The third-order valence-corrected chi connectivity index (χ3v) is 2.33. The molecule has 1 fully saturated rings. The van der Waals surface area contributed by atoms with Crippen LogP contribution >= 0.6 is 0 Å². The van der Waals surface area contributed by atoms with Gasteiger partial charge in [-0.1, -0.05) is 6.08 Å². The highest BCUT2D eigenvalue weighted by atomic mass is 16.4. The molecule has 6 nitrogen and oxygen atoms in total. The summed E-state index contributed by atoms with van der Waals surface area (Å²) in [4.78, 5) is 33.2. The summed E-state index contributed by atoms with van der Waals surface area (Å²) in [6, 6.07) is -1.60. The molecule has 3 N–H and O–H groups in total. The van der Waals surface area contributed by atoms with E-state index in [1.807, 2.05) is 0 Å². The molecule has 88 valence electrons. The second kappa shape index (κ2) is 5.29. The lowest BCUT2D eigenvalue weighted by Gasteiger charge is -2.15. The van der Waals surface area contributed by atoms with Gasteiger partial charge in [0.25, 0.3) is 0 Å². The fourth-order valence-electron chi connectivity index (χ4n) is 1.47. The van der Waals surface area contributed by atoms with Gasteiger partial charge in [-0.05, 0) is 12.8 Å².